The molecule has 0 N–H and O–H groups in total. The van der Waals surface area contributed by atoms with Gasteiger partial charge in [0.2, 0.25) is 0 Å². The van der Waals surface area contributed by atoms with E-state index >= 15 is 0 Å². The fourth-order valence-electron chi connectivity index (χ4n) is 1.61. The normalized spacial score (nSPS) is 11.2. The summed E-state index contributed by atoms with van der Waals surface area (Å²) in [5.41, 5.74) is 0.0302. The molecule has 0 heterocycles. The number of para-hydroxylation sites is 1. The molecule has 0 fully saturated rings. The van der Waals surface area contributed by atoms with Crippen LogP contribution in [0.15, 0.2) is 24.3 Å². The second kappa shape index (κ2) is 5.85. The van der Waals surface area contributed by atoms with Gasteiger partial charge in [0.15, 0.2) is 18.2 Å². The zero-order valence-corrected chi connectivity index (χ0v) is 11.4. The van der Waals surface area contributed by atoms with Gasteiger partial charge in [-0.2, -0.15) is 0 Å². The number of amides is 1. The van der Waals surface area contributed by atoms with Crippen molar-refractivity contribution >= 4 is 5.91 Å². The largest absolute Gasteiger partial charge is 0.481 e. The molecule has 4 heteroatoms. The maximum absolute atomic E-state index is 13.3. The quantitative estimate of drug-likeness (QED) is 0.825. The Morgan fingerprint density at radius 1 is 1.33 bits per heavy atom. The number of halogens is 1. The smallest absolute Gasteiger partial charge is 0.260 e. The first-order valence-electron chi connectivity index (χ1n) is 5.91. The molecule has 100 valence electrons. The standard InChI is InChI=1S/C14H20FNO2/c1-14(2,3)10-16(4)13(17)9-18-12-8-6-5-7-11(12)15/h5-8H,9-10H2,1-4H3. The van der Waals surface area contributed by atoms with E-state index in [1.165, 1.54) is 12.1 Å². The van der Waals surface area contributed by atoms with Gasteiger partial charge in [0.1, 0.15) is 0 Å². The highest BCUT2D eigenvalue weighted by Gasteiger charge is 2.18. The Labute approximate surface area is 108 Å². The zero-order valence-electron chi connectivity index (χ0n) is 11.4. The van der Waals surface area contributed by atoms with Crippen LogP contribution in [-0.4, -0.2) is 31.0 Å². The summed E-state index contributed by atoms with van der Waals surface area (Å²) in [6.07, 6.45) is 0. The van der Waals surface area contributed by atoms with E-state index in [0.29, 0.717) is 6.54 Å². The van der Waals surface area contributed by atoms with Crippen LogP contribution in [0, 0.1) is 11.2 Å². The Kier molecular flexibility index (Phi) is 4.70. The highest BCUT2D eigenvalue weighted by Crippen LogP contribution is 2.16. The molecular formula is C14H20FNO2. The third-order valence-corrected chi connectivity index (χ3v) is 2.33. The van der Waals surface area contributed by atoms with Gasteiger partial charge in [0.25, 0.3) is 5.91 Å². The summed E-state index contributed by atoms with van der Waals surface area (Å²) in [4.78, 5) is 13.4. The van der Waals surface area contributed by atoms with Gasteiger partial charge in [0.05, 0.1) is 0 Å². The minimum absolute atomic E-state index is 0.0302. The van der Waals surface area contributed by atoms with E-state index in [1.807, 2.05) is 0 Å². The van der Waals surface area contributed by atoms with E-state index < -0.39 is 5.82 Å². The van der Waals surface area contributed by atoms with Crippen molar-refractivity contribution in [3.8, 4) is 5.75 Å². The van der Waals surface area contributed by atoms with Crippen LogP contribution in [0.4, 0.5) is 4.39 Å². The van der Waals surface area contributed by atoms with Crippen LogP contribution in [0.2, 0.25) is 0 Å². The number of carbonyl (C=O) groups excluding carboxylic acids is 1. The Balaban J connectivity index is 2.49. The van der Waals surface area contributed by atoms with Crippen molar-refractivity contribution in [1.29, 1.82) is 0 Å². The maximum Gasteiger partial charge on any atom is 0.260 e. The molecule has 0 radical (unpaired) electrons. The Morgan fingerprint density at radius 3 is 2.50 bits per heavy atom. The summed E-state index contributed by atoms with van der Waals surface area (Å²) in [5, 5.41) is 0. The number of ether oxygens (including phenoxy) is 1. The molecule has 1 aromatic carbocycles. The van der Waals surface area contributed by atoms with Crippen molar-refractivity contribution < 1.29 is 13.9 Å². The van der Waals surface area contributed by atoms with Gasteiger partial charge in [-0.3, -0.25) is 4.79 Å². The van der Waals surface area contributed by atoms with Crippen molar-refractivity contribution in [1.82, 2.24) is 4.90 Å². The molecule has 0 saturated carbocycles. The van der Waals surface area contributed by atoms with Crippen molar-refractivity contribution in [3.05, 3.63) is 30.1 Å². The molecule has 0 aliphatic rings. The van der Waals surface area contributed by atoms with Crippen LogP contribution in [0.5, 0.6) is 5.75 Å². The molecule has 1 amide bonds. The van der Waals surface area contributed by atoms with Gasteiger partial charge in [-0.1, -0.05) is 32.9 Å². The predicted molar refractivity (Wildman–Crippen MR) is 69.0 cm³/mol. The summed E-state index contributed by atoms with van der Waals surface area (Å²) in [6.45, 7) is 6.64. The summed E-state index contributed by atoms with van der Waals surface area (Å²) in [6, 6.07) is 6.06. The summed E-state index contributed by atoms with van der Waals surface area (Å²) in [7, 11) is 1.72. The molecule has 0 bridgehead atoms. The van der Waals surface area contributed by atoms with Crippen LogP contribution in [0.1, 0.15) is 20.8 Å². The average molecular weight is 253 g/mol. The number of hydrogen-bond acceptors (Lipinski definition) is 2. The van der Waals surface area contributed by atoms with Gasteiger partial charge in [0, 0.05) is 13.6 Å². The van der Waals surface area contributed by atoms with Gasteiger partial charge >= 0.3 is 0 Å². The molecule has 0 atom stereocenters. The molecule has 1 aromatic rings. The SMILES string of the molecule is CN(CC(C)(C)C)C(=O)COc1ccccc1F. The monoisotopic (exact) mass is 253 g/mol. The Bertz CT molecular complexity index is 413. The first kappa shape index (κ1) is 14.5. The zero-order chi connectivity index (χ0) is 13.8. The molecule has 0 aliphatic heterocycles. The molecule has 0 aliphatic carbocycles. The first-order chi connectivity index (χ1) is 8.29. The Morgan fingerprint density at radius 2 is 1.94 bits per heavy atom. The lowest BCUT2D eigenvalue weighted by molar-refractivity contribution is -0.133. The van der Waals surface area contributed by atoms with Crippen LogP contribution in [0.25, 0.3) is 0 Å². The van der Waals surface area contributed by atoms with E-state index in [9.17, 15) is 9.18 Å². The van der Waals surface area contributed by atoms with Gasteiger partial charge in [-0.15, -0.1) is 0 Å². The molecular weight excluding hydrogens is 233 g/mol. The molecule has 0 unspecified atom stereocenters. The number of carbonyl (C=O) groups is 1. The molecule has 0 spiro atoms. The fraction of sp³-hybridized carbons (Fsp3) is 0.500. The third-order valence-electron chi connectivity index (χ3n) is 2.33. The van der Waals surface area contributed by atoms with E-state index in [-0.39, 0.29) is 23.7 Å². The maximum atomic E-state index is 13.3. The highest BCUT2D eigenvalue weighted by atomic mass is 19.1. The van der Waals surface area contributed by atoms with E-state index in [0.717, 1.165) is 0 Å². The predicted octanol–water partition coefficient (Wildman–Crippen LogP) is 2.71. The van der Waals surface area contributed by atoms with Crippen molar-refractivity contribution in [2.24, 2.45) is 5.41 Å². The van der Waals surface area contributed by atoms with Crippen molar-refractivity contribution in [2.75, 3.05) is 20.2 Å². The van der Waals surface area contributed by atoms with E-state index in [4.69, 9.17) is 4.74 Å². The highest BCUT2D eigenvalue weighted by molar-refractivity contribution is 5.77. The minimum Gasteiger partial charge on any atom is -0.481 e. The van der Waals surface area contributed by atoms with Crippen LogP contribution >= 0.6 is 0 Å². The topological polar surface area (TPSA) is 29.5 Å². The van der Waals surface area contributed by atoms with Crippen LogP contribution in [0.3, 0.4) is 0 Å². The Hall–Kier alpha value is -1.58. The summed E-state index contributed by atoms with van der Waals surface area (Å²) >= 11 is 0. The minimum atomic E-state index is -0.455. The molecule has 1 rings (SSSR count). The fourth-order valence-corrected chi connectivity index (χ4v) is 1.61. The first-order valence-corrected chi connectivity index (χ1v) is 5.91. The van der Waals surface area contributed by atoms with E-state index in [1.54, 1.807) is 24.1 Å². The van der Waals surface area contributed by atoms with Crippen molar-refractivity contribution in [2.45, 2.75) is 20.8 Å². The molecule has 0 aromatic heterocycles. The molecule has 3 nitrogen and oxygen atoms in total. The average Bonchev–Trinajstić information content (AvgIpc) is 2.25. The number of likely N-dealkylation sites (N-methyl/N-ethyl adjacent to an activating group) is 1. The molecule has 0 saturated heterocycles. The lowest BCUT2D eigenvalue weighted by atomic mass is 9.96. The molecule has 18 heavy (non-hydrogen) atoms. The summed E-state index contributed by atoms with van der Waals surface area (Å²) < 4.78 is 18.4. The number of rotatable bonds is 4. The van der Waals surface area contributed by atoms with Crippen LogP contribution in [-0.2, 0) is 4.79 Å². The van der Waals surface area contributed by atoms with E-state index in [2.05, 4.69) is 20.8 Å². The number of nitrogens with zero attached hydrogens (tertiary/aromatic N) is 1. The van der Waals surface area contributed by atoms with Gasteiger partial charge in [-0.25, -0.2) is 4.39 Å². The lowest BCUT2D eigenvalue weighted by Gasteiger charge is -2.26. The lowest BCUT2D eigenvalue weighted by Crippen LogP contribution is -2.37. The number of hydrogen-bond donors (Lipinski definition) is 0. The van der Waals surface area contributed by atoms with Crippen LogP contribution < -0.4 is 4.74 Å². The van der Waals surface area contributed by atoms with Gasteiger partial charge < -0.3 is 9.64 Å². The second-order valence-electron chi connectivity index (χ2n) is 5.53. The number of benzene rings is 1. The summed E-state index contributed by atoms with van der Waals surface area (Å²) in [5.74, 6) is -0.507. The second-order valence-corrected chi connectivity index (χ2v) is 5.53. The third kappa shape index (κ3) is 4.73. The van der Waals surface area contributed by atoms with Gasteiger partial charge in [-0.05, 0) is 17.5 Å². The van der Waals surface area contributed by atoms with Crippen molar-refractivity contribution in [3.63, 3.8) is 0 Å².